The Balaban J connectivity index is 1.69. The molecule has 2 aromatic rings. The average Bonchev–Trinajstić information content (AvgIpc) is 3.33. The van der Waals surface area contributed by atoms with Crippen molar-refractivity contribution in [3.05, 3.63) is 74.8 Å². The first-order valence-electron chi connectivity index (χ1n) is 11.5. The lowest BCUT2D eigenvalue weighted by molar-refractivity contribution is -0.384. The van der Waals surface area contributed by atoms with Gasteiger partial charge in [-0.15, -0.1) is 11.8 Å². The summed E-state index contributed by atoms with van der Waals surface area (Å²) < 4.78 is 0. The van der Waals surface area contributed by atoms with Crippen molar-refractivity contribution in [3.8, 4) is 0 Å². The number of non-ortho nitro benzene ring substituents is 1. The highest BCUT2D eigenvalue weighted by atomic mass is 35.5. The molecule has 34 heavy (non-hydrogen) atoms. The lowest BCUT2D eigenvalue weighted by Crippen LogP contribution is -2.51. The summed E-state index contributed by atoms with van der Waals surface area (Å²) in [5, 5.41) is 14.5. The monoisotopic (exact) mass is 503 g/mol. The first-order valence-corrected chi connectivity index (χ1v) is 13.1. The quantitative estimate of drug-likeness (QED) is 0.329. The van der Waals surface area contributed by atoms with E-state index in [4.69, 9.17) is 11.6 Å². The molecule has 0 spiro atoms. The topological polar surface area (TPSA) is 92.6 Å². The van der Waals surface area contributed by atoms with Crippen LogP contribution < -0.4 is 5.32 Å². The molecule has 0 bridgehead atoms. The Bertz CT molecular complexity index is 996. The number of nitro groups is 1. The molecule has 0 saturated heterocycles. The van der Waals surface area contributed by atoms with Crippen LogP contribution in [0.5, 0.6) is 0 Å². The zero-order valence-corrected chi connectivity index (χ0v) is 20.8. The number of nitro benzene ring substituents is 1. The van der Waals surface area contributed by atoms with E-state index >= 15 is 0 Å². The molecule has 1 fully saturated rings. The summed E-state index contributed by atoms with van der Waals surface area (Å²) >= 11 is 7.78. The average molecular weight is 504 g/mol. The summed E-state index contributed by atoms with van der Waals surface area (Å²) in [6.07, 6.45) is 4.69. The standard InChI is InChI=1S/C25H30ClN3O4S/c1-2-23(25(31)27-20-8-4-5-9-20)28(15-19-7-3-6-10-22(19)26)24(30)17-34-16-18-11-13-21(14-12-18)29(32)33/h3,6-7,10-14,20,23H,2,4-5,8-9,15-17H2,1H3,(H,27,31)/t23-/m0/s1. The van der Waals surface area contributed by atoms with Crippen LogP contribution in [0.1, 0.15) is 50.2 Å². The Morgan fingerprint density at radius 2 is 1.85 bits per heavy atom. The van der Waals surface area contributed by atoms with Gasteiger partial charge in [-0.2, -0.15) is 0 Å². The van der Waals surface area contributed by atoms with Gasteiger partial charge in [-0.1, -0.05) is 61.7 Å². The summed E-state index contributed by atoms with van der Waals surface area (Å²) in [6.45, 7) is 2.17. The van der Waals surface area contributed by atoms with E-state index in [1.165, 1.54) is 23.9 Å². The molecule has 0 unspecified atom stereocenters. The fourth-order valence-corrected chi connectivity index (χ4v) is 5.22. The SMILES string of the molecule is CC[C@@H](C(=O)NC1CCCC1)N(Cc1ccccc1Cl)C(=O)CSCc1ccc([N+](=O)[O-])cc1. The molecule has 1 aliphatic rings. The van der Waals surface area contributed by atoms with Crippen LogP contribution in [-0.4, -0.2) is 39.5 Å². The van der Waals surface area contributed by atoms with Crippen molar-refractivity contribution < 1.29 is 14.5 Å². The number of rotatable bonds is 11. The normalized spacial score (nSPS) is 14.5. The Labute approximate surface area is 209 Å². The number of carbonyl (C=O) groups excluding carboxylic acids is 2. The molecule has 2 aromatic carbocycles. The molecule has 0 radical (unpaired) electrons. The zero-order chi connectivity index (χ0) is 24.5. The molecule has 7 nitrogen and oxygen atoms in total. The minimum atomic E-state index is -0.579. The Kier molecular flexibility index (Phi) is 9.77. The summed E-state index contributed by atoms with van der Waals surface area (Å²) in [4.78, 5) is 38.5. The van der Waals surface area contributed by atoms with Crippen molar-refractivity contribution in [3.63, 3.8) is 0 Å². The van der Waals surface area contributed by atoms with Crippen LogP contribution in [0, 0.1) is 10.1 Å². The third-order valence-corrected chi connectivity index (χ3v) is 7.38. The molecule has 0 heterocycles. The molecule has 9 heteroatoms. The minimum Gasteiger partial charge on any atom is -0.352 e. The number of thioether (sulfide) groups is 1. The van der Waals surface area contributed by atoms with Crippen molar-refractivity contribution in [1.82, 2.24) is 10.2 Å². The van der Waals surface area contributed by atoms with Gasteiger partial charge in [-0.3, -0.25) is 19.7 Å². The van der Waals surface area contributed by atoms with Gasteiger partial charge in [-0.05, 0) is 36.5 Å². The fourth-order valence-electron chi connectivity index (χ4n) is 4.15. The molecule has 1 aliphatic carbocycles. The number of hydrogen-bond donors (Lipinski definition) is 1. The maximum absolute atomic E-state index is 13.3. The van der Waals surface area contributed by atoms with Gasteiger partial charge >= 0.3 is 0 Å². The van der Waals surface area contributed by atoms with E-state index in [-0.39, 0.29) is 35.8 Å². The second-order valence-electron chi connectivity index (χ2n) is 8.44. The van der Waals surface area contributed by atoms with Crippen molar-refractivity contribution in [1.29, 1.82) is 0 Å². The lowest BCUT2D eigenvalue weighted by atomic mass is 10.1. The van der Waals surface area contributed by atoms with Crippen LogP contribution in [0.25, 0.3) is 0 Å². The van der Waals surface area contributed by atoms with E-state index in [2.05, 4.69) is 5.32 Å². The van der Waals surface area contributed by atoms with E-state index in [0.29, 0.717) is 17.2 Å². The van der Waals surface area contributed by atoms with Crippen molar-refractivity contribution in [2.24, 2.45) is 0 Å². The maximum Gasteiger partial charge on any atom is 0.269 e. The molecule has 3 rings (SSSR count). The van der Waals surface area contributed by atoms with Crippen molar-refractivity contribution in [2.75, 3.05) is 5.75 Å². The maximum atomic E-state index is 13.3. The van der Waals surface area contributed by atoms with E-state index in [9.17, 15) is 19.7 Å². The Morgan fingerprint density at radius 3 is 2.47 bits per heavy atom. The van der Waals surface area contributed by atoms with Gasteiger partial charge in [-0.25, -0.2) is 0 Å². The number of carbonyl (C=O) groups is 2. The van der Waals surface area contributed by atoms with E-state index in [1.54, 1.807) is 23.1 Å². The van der Waals surface area contributed by atoms with Crippen LogP contribution in [0.15, 0.2) is 48.5 Å². The fraction of sp³-hybridized carbons (Fsp3) is 0.440. The highest BCUT2D eigenvalue weighted by molar-refractivity contribution is 7.99. The van der Waals surface area contributed by atoms with Gasteiger partial charge in [0.05, 0.1) is 10.7 Å². The van der Waals surface area contributed by atoms with E-state index < -0.39 is 11.0 Å². The number of halogens is 1. The number of nitrogens with zero attached hydrogens (tertiary/aromatic N) is 2. The minimum absolute atomic E-state index is 0.0369. The molecular weight excluding hydrogens is 474 g/mol. The van der Waals surface area contributed by atoms with Crippen molar-refractivity contribution >= 4 is 40.9 Å². The molecule has 1 saturated carbocycles. The van der Waals surface area contributed by atoms with Gasteiger partial charge in [0.15, 0.2) is 0 Å². The lowest BCUT2D eigenvalue weighted by Gasteiger charge is -2.31. The molecule has 0 aromatic heterocycles. The Morgan fingerprint density at radius 1 is 1.18 bits per heavy atom. The van der Waals surface area contributed by atoms with E-state index in [1.807, 2.05) is 25.1 Å². The predicted octanol–water partition coefficient (Wildman–Crippen LogP) is 5.35. The molecule has 2 amide bonds. The van der Waals surface area contributed by atoms with Gasteiger partial charge in [0.25, 0.3) is 5.69 Å². The first-order chi connectivity index (χ1) is 16.4. The van der Waals surface area contributed by atoms with E-state index in [0.717, 1.165) is 36.8 Å². The smallest absolute Gasteiger partial charge is 0.269 e. The highest BCUT2D eigenvalue weighted by Gasteiger charge is 2.30. The number of amides is 2. The summed E-state index contributed by atoms with van der Waals surface area (Å²) in [6, 6.07) is 13.3. The Hall–Kier alpha value is -2.58. The zero-order valence-electron chi connectivity index (χ0n) is 19.2. The summed E-state index contributed by atoms with van der Waals surface area (Å²) in [5.74, 6) is 0.471. The van der Waals surface area contributed by atoms with Gasteiger partial charge < -0.3 is 10.2 Å². The van der Waals surface area contributed by atoms with Gasteiger partial charge in [0.2, 0.25) is 11.8 Å². The third kappa shape index (κ3) is 7.21. The van der Waals surface area contributed by atoms with Crippen molar-refractivity contribution in [2.45, 2.75) is 63.4 Å². The molecule has 182 valence electrons. The second kappa shape index (κ2) is 12.8. The number of nitrogens with one attached hydrogen (secondary N) is 1. The molecule has 1 N–H and O–H groups in total. The predicted molar refractivity (Wildman–Crippen MR) is 136 cm³/mol. The molecule has 0 aliphatic heterocycles. The summed E-state index contributed by atoms with van der Waals surface area (Å²) in [7, 11) is 0. The summed E-state index contributed by atoms with van der Waals surface area (Å²) in [5.41, 5.74) is 1.73. The van der Waals surface area contributed by atoms with Crippen LogP contribution in [0.3, 0.4) is 0 Å². The number of benzene rings is 2. The van der Waals surface area contributed by atoms with Crippen LogP contribution in [-0.2, 0) is 21.9 Å². The van der Waals surface area contributed by atoms with Crippen LogP contribution in [0.4, 0.5) is 5.69 Å². The highest BCUT2D eigenvalue weighted by Crippen LogP contribution is 2.23. The molecular formula is C25H30ClN3O4S. The number of hydrogen-bond acceptors (Lipinski definition) is 5. The molecule has 1 atom stereocenters. The van der Waals surface area contributed by atoms with Gasteiger partial charge in [0, 0.05) is 35.5 Å². The second-order valence-corrected chi connectivity index (χ2v) is 9.84. The first kappa shape index (κ1) is 26.0. The van der Waals surface area contributed by atoms with Gasteiger partial charge in [0.1, 0.15) is 6.04 Å². The third-order valence-electron chi connectivity index (χ3n) is 6.03. The largest absolute Gasteiger partial charge is 0.352 e. The van der Waals surface area contributed by atoms with Crippen LogP contribution >= 0.6 is 23.4 Å². The van der Waals surface area contributed by atoms with Crippen LogP contribution in [0.2, 0.25) is 5.02 Å².